The average Bonchev–Trinajstić information content (AvgIpc) is 3.06. The minimum Gasteiger partial charge on any atom is -0.493 e. The monoisotopic (exact) mass is 363 g/mol. The van der Waals surface area contributed by atoms with Crippen molar-refractivity contribution in [3.05, 3.63) is 18.0 Å². The number of methoxy groups -OCH3 is 3. The summed E-state index contributed by atoms with van der Waals surface area (Å²) in [6.45, 7) is 6.18. The molecule has 0 aliphatic heterocycles. The molecular weight excluding hydrogens is 338 g/mol. The van der Waals surface area contributed by atoms with E-state index >= 15 is 0 Å². The van der Waals surface area contributed by atoms with Gasteiger partial charge in [0, 0.05) is 12.0 Å². The van der Waals surface area contributed by atoms with Crippen LogP contribution in [0.15, 0.2) is 16.7 Å². The Morgan fingerprint density at radius 1 is 1.12 bits per heavy atom. The quantitative estimate of drug-likeness (QED) is 0.808. The van der Waals surface area contributed by atoms with Gasteiger partial charge in [0.15, 0.2) is 11.5 Å². The van der Waals surface area contributed by atoms with Gasteiger partial charge in [-0.2, -0.15) is 4.98 Å². The summed E-state index contributed by atoms with van der Waals surface area (Å²) in [5.74, 6) is 2.08. The second kappa shape index (κ2) is 8.07. The molecule has 1 N–H and O–H groups in total. The molecular formula is C18H25N3O5. The predicted octanol–water partition coefficient (Wildman–Crippen LogP) is 2.81. The molecule has 8 heteroatoms. The first kappa shape index (κ1) is 19.6. The highest BCUT2D eigenvalue weighted by Crippen LogP contribution is 2.40. The summed E-state index contributed by atoms with van der Waals surface area (Å²) in [4.78, 5) is 16.2. The Kier molecular flexibility index (Phi) is 6.07. The highest BCUT2D eigenvalue weighted by molar-refractivity contribution is 5.76. The number of nitrogens with zero attached hydrogens (tertiary/aromatic N) is 2. The highest BCUT2D eigenvalue weighted by atomic mass is 16.5. The largest absolute Gasteiger partial charge is 0.493 e. The van der Waals surface area contributed by atoms with Gasteiger partial charge in [0.05, 0.1) is 27.9 Å². The highest BCUT2D eigenvalue weighted by Gasteiger charge is 2.19. The van der Waals surface area contributed by atoms with Gasteiger partial charge in [0.1, 0.15) is 0 Å². The first-order chi connectivity index (χ1) is 12.3. The lowest BCUT2D eigenvalue weighted by molar-refractivity contribution is -0.123. The molecule has 1 amide bonds. The van der Waals surface area contributed by atoms with E-state index in [-0.39, 0.29) is 17.9 Å². The molecule has 0 spiro atoms. The van der Waals surface area contributed by atoms with Gasteiger partial charge in [0.2, 0.25) is 23.4 Å². The summed E-state index contributed by atoms with van der Waals surface area (Å²) in [7, 11) is 4.60. The molecule has 0 aliphatic rings. The number of carbonyl (C=O) groups excluding carboxylic acids is 1. The van der Waals surface area contributed by atoms with Crippen molar-refractivity contribution in [3.63, 3.8) is 0 Å². The maximum absolute atomic E-state index is 11.9. The van der Waals surface area contributed by atoms with Crippen LogP contribution in [0.3, 0.4) is 0 Å². The van der Waals surface area contributed by atoms with E-state index in [0.29, 0.717) is 40.9 Å². The van der Waals surface area contributed by atoms with Crippen molar-refractivity contribution < 1.29 is 23.5 Å². The van der Waals surface area contributed by atoms with Crippen LogP contribution in [0.25, 0.3) is 11.4 Å². The second-order valence-electron chi connectivity index (χ2n) is 6.94. The van der Waals surface area contributed by atoms with Gasteiger partial charge in [-0.1, -0.05) is 25.9 Å². The van der Waals surface area contributed by atoms with Gasteiger partial charge >= 0.3 is 0 Å². The molecule has 1 aromatic heterocycles. The first-order valence-corrected chi connectivity index (χ1v) is 8.17. The van der Waals surface area contributed by atoms with E-state index in [2.05, 4.69) is 15.5 Å². The van der Waals surface area contributed by atoms with Gasteiger partial charge < -0.3 is 24.1 Å². The van der Waals surface area contributed by atoms with E-state index in [0.717, 1.165) is 0 Å². The Morgan fingerprint density at radius 3 is 2.23 bits per heavy atom. The van der Waals surface area contributed by atoms with E-state index in [1.54, 1.807) is 12.1 Å². The number of benzene rings is 1. The molecule has 1 heterocycles. The third-order valence-corrected chi connectivity index (χ3v) is 3.52. The Bertz CT molecular complexity index is 739. The minimum atomic E-state index is -0.0830. The summed E-state index contributed by atoms with van der Waals surface area (Å²) in [6, 6.07) is 3.46. The van der Waals surface area contributed by atoms with Crippen LogP contribution in [-0.2, 0) is 11.3 Å². The average molecular weight is 363 g/mol. The van der Waals surface area contributed by atoms with Crippen LogP contribution in [0.4, 0.5) is 0 Å². The SMILES string of the molecule is COc1cc(-c2noc(CNC(=O)CC(C)(C)C)n2)cc(OC)c1OC. The summed E-state index contributed by atoms with van der Waals surface area (Å²) in [6.07, 6.45) is 0.418. The fourth-order valence-corrected chi connectivity index (χ4v) is 2.37. The van der Waals surface area contributed by atoms with E-state index < -0.39 is 0 Å². The topological polar surface area (TPSA) is 95.7 Å². The number of hydrogen-bond donors (Lipinski definition) is 1. The molecule has 2 rings (SSSR count). The van der Waals surface area contributed by atoms with Crippen molar-refractivity contribution in [3.8, 4) is 28.6 Å². The molecule has 2 aromatic rings. The smallest absolute Gasteiger partial charge is 0.246 e. The molecule has 0 atom stereocenters. The molecule has 8 nitrogen and oxygen atoms in total. The number of ether oxygens (including phenoxy) is 3. The van der Waals surface area contributed by atoms with Crippen LogP contribution in [0, 0.1) is 5.41 Å². The Balaban J connectivity index is 2.15. The molecule has 0 saturated heterocycles. The fraction of sp³-hybridized carbons (Fsp3) is 0.500. The molecule has 0 saturated carbocycles. The maximum atomic E-state index is 11.9. The minimum absolute atomic E-state index is 0.0648. The summed E-state index contributed by atoms with van der Waals surface area (Å²) in [5.41, 5.74) is 0.566. The van der Waals surface area contributed by atoms with Crippen molar-refractivity contribution in [2.24, 2.45) is 5.41 Å². The Hall–Kier alpha value is -2.77. The van der Waals surface area contributed by atoms with E-state index in [1.807, 2.05) is 20.8 Å². The van der Waals surface area contributed by atoms with Gasteiger partial charge in [-0.3, -0.25) is 4.79 Å². The van der Waals surface area contributed by atoms with Crippen LogP contribution in [0.5, 0.6) is 17.2 Å². The normalized spacial score (nSPS) is 11.2. The maximum Gasteiger partial charge on any atom is 0.246 e. The molecule has 0 radical (unpaired) electrons. The molecule has 0 unspecified atom stereocenters. The zero-order valence-corrected chi connectivity index (χ0v) is 16.0. The van der Waals surface area contributed by atoms with Crippen LogP contribution < -0.4 is 19.5 Å². The van der Waals surface area contributed by atoms with Gasteiger partial charge in [-0.15, -0.1) is 0 Å². The predicted molar refractivity (Wildman–Crippen MR) is 95.3 cm³/mol. The zero-order valence-electron chi connectivity index (χ0n) is 16.0. The second-order valence-corrected chi connectivity index (χ2v) is 6.94. The van der Waals surface area contributed by atoms with Gasteiger partial charge in [0.25, 0.3) is 0 Å². The Labute approximate surface area is 152 Å². The van der Waals surface area contributed by atoms with Crippen LogP contribution >= 0.6 is 0 Å². The van der Waals surface area contributed by atoms with Crippen LogP contribution in [-0.4, -0.2) is 37.4 Å². The third-order valence-electron chi connectivity index (χ3n) is 3.52. The molecule has 26 heavy (non-hydrogen) atoms. The fourth-order valence-electron chi connectivity index (χ4n) is 2.37. The zero-order chi connectivity index (χ0) is 19.3. The number of amides is 1. The summed E-state index contributed by atoms with van der Waals surface area (Å²) >= 11 is 0. The van der Waals surface area contributed by atoms with E-state index in [4.69, 9.17) is 18.7 Å². The number of aromatic nitrogens is 2. The lowest BCUT2D eigenvalue weighted by Crippen LogP contribution is -2.27. The van der Waals surface area contributed by atoms with Crippen molar-refractivity contribution >= 4 is 5.91 Å². The molecule has 142 valence electrons. The summed E-state index contributed by atoms with van der Waals surface area (Å²) < 4.78 is 21.2. The number of rotatable bonds is 7. The molecule has 0 aliphatic carbocycles. The number of carbonyl (C=O) groups is 1. The lowest BCUT2D eigenvalue weighted by atomic mass is 9.92. The number of nitrogens with one attached hydrogen (secondary N) is 1. The van der Waals surface area contributed by atoms with Crippen molar-refractivity contribution in [1.29, 1.82) is 0 Å². The molecule has 0 fully saturated rings. The first-order valence-electron chi connectivity index (χ1n) is 8.17. The molecule has 1 aromatic carbocycles. The van der Waals surface area contributed by atoms with E-state index in [1.165, 1.54) is 21.3 Å². The van der Waals surface area contributed by atoms with Crippen molar-refractivity contribution in [2.45, 2.75) is 33.7 Å². The third kappa shape index (κ3) is 4.87. The van der Waals surface area contributed by atoms with Crippen LogP contribution in [0.1, 0.15) is 33.1 Å². The number of hydrogen-bond acceptors (Lipinski definition) is 7. The van der Waals surface area contributed by atoms with Gasteiger partial charge in [-0.05, 0) is 17.5 Å². The van der Waals surface area contributed by atoms with Crippen molar-refractivity contribution in [2.75, 3.05) is 21.3 Å². The lowest BCUT2D eigenvalue weighted by Gasteiger charge is -2.16. The van der Waals surface area contributed by atoms with E-state index in [9.17, 15) is 4.79 Å². The van der Waals surface area contributed by atoms with Crippen LogP contribution in [0.2, 0.25) is 0 Å². The Morgan fingerprint density at radius 2 is 1.73 bits per heavy atom. The standard InChI is InChI=1S/C18H25N3O5/c1-18(2,3)9-14(22)19-10-15-20-17(21-26-15)11-7-12(23-4)16(25-6)13(8-11)24-5/h7-8H,9-10H2,1-6H3,(H,19,22). The summed E-state index contributed by atoms with van der Waals surface area (Å²) in [5, 5.41) is 6.74. The van der Waals surface area contributed by atoms with Crippen molar-refractivity contribution in [1.82, 2.24) is 15.5 Å². The molecule has 0 bridgehead atoms. The van der Waals surface area contributed by atoms with Gasteiger partial charge in [-0.25, -0.2) is 0 Å².